The molecule has 0 atom stereocenters. The van der Waals surface area contributed by atoms with Crippen molar-refractivity contribution >= 4 is 5.91 Å². The van der Waals surface area contributed by atoms with Crippen molar-refractivity contribution in [1.82, 2.24) is 10.6 Å². The van der Waals surface area contributed by atoms with E-state index in [2.05, 4.69) is 10.6 Å². The first-order valence-corrected chi connectivity index (χ1v) is 8.29. The molecule has 19 heavy (non-hydrogen) atoms. The molecule has 0 saturated heterocycles. The van der Waals surface area contributed by atoms with Gasteiger partial charge in [-0.2, -0.15) is 0 Å². The summed E-state index contributed by atoms with van der Waals surface area (Å²) in [6.45, 7) is 1.74. The lowest BCUT2D eigenvalue weighted by Crippen LogP contribution is -2.40. The second-order valence-electron chi connectivity index (χ2n) is 7.00. The van der Waals surface area contributed by atoms with E-state index in [1.165, 1.54) is 51.4 Å². The van der Waals surface area contributed by atoms with E-state index in [1.54, 1.807) is 0 Å². The van der Waals surface area contributed by atoms with Gasteiger partial charge in [0.2, 0.25) is 5.91 Å². The highest BCUT2D eigenvalue weighted by Gasteiger charge is 2.37. The van der Waals surface area contributed by atoms with Gasteiger partial charge in [0.05, 0.1) is 0 Å². The topological polar surface area (TPSA) is 41.1 Å². The maximum Gasteiger partial charge on any atom is 0.223 e. The molecule has 1 spiro atoms. The van der Waals surface area contributed by atoms with Crippen LogP contribution in [0, 0.1) is 11.3 Å². The molecular weight excluding hydrogens is 236 g/mol. The minimum absolute atomic E-state index is 0.273. The van der Waals surface area contributed by atoms with Crippen molar-refractivity contribution in [1.29, 1.82) is 0 Å². The fourth-order valence-electron chi connectivity index (χ4n) is 4.01. The summed E-state index contributed by atoms with van der Waals surface area (Å²) in [5.74, 6) is 0.618. The Kier molecular flexibility index (Phi) is 4.11. The molecule has 3 heteroatoms. The van der Waals surface area contributed by atoms with Crippen LogP contribution in [0.1, 0.15) is 64.2 Å². The molecule has 0 aliphatic heterocycles. The van der Waals surface area contributed by atoms with Crippen LogP contribution in [0.4, 0.5) is 0 Å². The zero-order valence-corrected chi connectivity index (χ0v) is 12.0. The van der Waals surface area contributed by atoms with Gasteiger partial charge < -0.3 is 10.6 Å². The van der Waals surface area contributed by atoms with E-state index in [-0.39, 0.29) is 5.91 Å². The summed E-state index contributed by atoms with van der Waals surface area (Å²) in [5, 5.41) is 6.66. The highest BCUT2D eigenvalue weighted by Crippen LogP contribution is 2.48. The largest absolute Gasteiger partial charge is 0.355 e. The number of hydrogen-bond acceptors (Lipinski definition) is 2. The molecule has 108 valence electrons. The highest BCUT2D eigenvalue weighted by molar-refractivity contribution is 5.80. The number of rotatable bonds is 5. The molecule has 0 unspecified atom stereocenters. The van der Waals surface area contributed by atoms with Crippen LogP contribution in [0.15, 0.2) is 0 Å². The van der Waals surface area contributed by atoms with E-state index in [0.29, 0.717) is 12.0 Å². The summed E-state index contributed by atoms with van der Waals surface area (Å²) in [4.78, 5) is 11.5. The van der Waals surface area contributed by atoms with Gasteiger partial charge in [-0.15, -0.1) is 0 Å². The fraction of sp³-hybridized carbons (Fsp3) is 0.938. The van der Waals surface area contributed by atoms with Gasteiger partial charge in [0.15, 0.2) is 0 Å². The molecule has 3 nitrogen and oxygen atoms in total. The van der Waals surface area contributed by atoms with Gasteiger partial charge in [0.1, 0.15) is 0 Å². The third-order valence-corrected chi connectivity index (χ3v) is 5.52. The van der Waals surface area contributed by atoms with Gasteiger partial charge in [-0.3, -0.25) is 4.79 Å². The monoisotopic (exact) mass is 264 g/mol. The SMILES string of the molecule is O=C(NCCNC1CCC2(CCCC2)CC1)C1CC1. The first-order valence-electron chi connectivity index (χ1n) is 8.29. The van der Waals surface area contributed by atoms with Gasteiger partial charge in [0.25, 0.3) is 0 Å². The molecule has 2 N–H and O–H groups in total. The molecule has 1 amide bonds. The smallest absolute Gasteiger partial charge is 0.223 e. The van der Waals surface area contributed by atoms with E-state index in [1.807, 2.05) is 0 Å². The summed E-state index contributed by atoms with van der Waals surface area (Å²) in [6, 6.07) is 0.698. The molecular formula is C16H28N2O. The molecule has 0 aromatic carbocycles. The van der Waals surface area contributed by atoms with E-state index in [0.717, 1.165) is 31.3 Å². The minimum atomic E-state index is 0.273. The maximum atomic E-state index is 11.5. The van der Waals surface area contributed by atoms with Gasteiger partial charge in [-0.05, 0) is 56.8 Å². The van der Waals surface area contributed by atoms with Crippen molar-refractivity contribution < 1.29 is 4.79 Å². The molecule has 0 heterocycles. The van der Waals surface area contributed by atoms with Crippen LogP contribution in [-0.4, -0.2) is 25.0 Å². The lowest BCUT2D eigenvalue weighted by Gasteiger charge is -2.37. The quantitative estimate of drug-likeness (QED) is 0.749. The van der Waals surface area contributed by atoms with Gasteiger partial charge in [0, 0.05) is 25.0 Å². The molecule has 3 saturated carbocycles. The Hall–Kier alpha value is -0.570. The molecule has 3 fully saturated rings. The predicted octanol–water partition coefficient (Wildman–Crippen LogP) is 2.61. The molecule has 0 aromatic heterocycles. The number of carbonyl (C=O) groups is 1. The van der Waals surface area contributed by atoms with E-state index in [4.69, 9.17) is 0 Å². The number of hydrogen-bond donors (Lipinski definition) is 2. The summed E-state index contributed by atoms with van der Waals surface area (Å²) in [6.07, 6.45) is 13.6. The molecule has 3 aliphatic carbocycles. The predicted molar refractivity (Wildman–Crippen MR) is 76.9 cm³/mol. The molecule has 0 bridgehead atoms. The molecule has 0 aromatic rings. The summed E-state index contributed by atoms with van der Waals surface area (Å²) >= 11 is 0. The van der Waals surface area contributed by atoms with Gasteiger partial charge in [-0.1, -0.05) is 12.8 Å². The van der Waals surface area contributed by atoms with Crippen LogP contribution in [0.5, 0.6) is 0 Å². The van der Waals surface area contributed by atoms with Gasteiger partial charge in [-0.25, -0.2) is 0 Å². The van der Waals surface area contributed by atoms with Crippen molar-refractivity contribution in [3.05, 3.63) is 0 Å². The Balaban J connectivity index is 1.28. The van der Waals surface area contributed by atoms with Gasteiger partial charge >= 0.3 is 0 Å². The minimum Gasteiger partial charge on any atom is -0.355 e. The number of carbonyl (C=O) groups excluding carboxylic acids is 1. The van der Waals surface area contributed by atoms with E-state index < -0.39 is 0 Å². The Morgan fingerprint density at radius 1 is 0.947 bits per heavy atom. The lowest BCUT2D eigenvalue weighted by molar-refractivity contribution is -0.122. The zero-order chi connectivity index (χ0) is 13.1. The van der Waals surface area contributed by atoms with Crippen molar-refractivity contribution in [2.45, 2.75) is 70.3 Å². The first-order chi connectivity index (χ1) is 9.27. The van der Waals surface area contributed by atoms with Crippen molar-refractivity contribution in [2.24, 2.45) is 11.3 Å². The van der Waals surface area contributed by atoms with Crippen LogP contribution in [-0.2, 0) is 4.79 Å². The lowest BCUT2D eigenvalue weighted by atomic mass is 9.71. The van der Waals surface area contributed by atoms with E-state index in [9.17, 15) is 4.79 Å². The second kappa shape index (κ2) is 5.82. The van der Waals surface area contributed by atoms with Crippen LogP contribution in [0.2, 0.25) is 0 Å². The summed E-state index contributed by atoms with van der Waals surface area (Å²) < 4.78 is 0. The third kappa shape index (κ3) is 3.50. The molecule has 3 rings (SSSR count). The fourth-order valence-corrected chi connectivity index (χ4v) is 4.01. The highest BCUT2D eigenvalue weighted by atomic mass is 16.2. The Bertz CT molecular complexity index is 309. The average molecular weight is 264 g/mol. The van der Waals surface area contributed by atoms with Crippen LogP contribution in [0.25, 0.3) is 0 Å². The third-order valence-electron chi connectivity index (χ3n) is 5.52. The van der Waals surface area contributed by atoms with Crippen molar-refractivity contribution in [3.63, 3.8) is 0 Å². The number of nitrogens with one attached hydrogen (secondary N) is 2. The summed E-state index contributed by atoms with van der Waals surface area (Å²) in [7, 11) is 0. The summed E-state index contributed by atoms with van der Waals surface area (Å²) in [5.41, 5.74) is 0.734. The zero-order valence-electron chi connectivity index (χ0n) is 12.0. The Labute approximate surface area is 116 Å². The maximum absolute atomic E-state index is 11.5. The molecule has 3 aliphatic rings. The second-order valence-corrected chi connectivity index (χ2v) is 7.00. The Morgan fingerprint density at radius 2 is 1.63 bits per heavy atom. The first kappa shape index (κ1) is 13.4. The normalized spacial score (nSPS) is 26.7. The Morgan fingerprint density at radius 3 is 2.26 bits per heavy atom. The molecule has 0 radical (unpaired) electrons. The van der Waals surface area contributed by atoms with Crippen molar-refractivity contribution in [3.8, 4) is 0 Å². The average Bonchev–Trinajstić information content (AvgIpc) is 3.19. The standard InChI is InChI=1S/C16H28N2O/c19-15(13-3-4-13)18-12-11-17-14-5-9-16(10-6-14)7-1-2-8-16/h13-14,17H,1-12H2,(H,18,19). The van der Waals surface area contributed by atoms with Crippen LogP contribution < -0.4 is 10.6 Å². The van der Waals surface area contributed by atoms with Crippen molar-refractivity contribution in [2.75, 3.05) is 13.1 Å². The van der Waals surface area contributed by atoms with Crippen LogP contribution in [0.3, 0.4) is 0 Å². The number of amides is 1. The van der Waals surface area contributed by atoms with E-state index >= 15 is 0 Å². The van der Waals surface area contributed by atoms with Crippen LogP contribution >= 0.6 is 0 Å².